The predicted octanol–water partition coefficient (Wildman–Crippen LogP) is 4.58. The molecule has 1 heterocycles. The third-order valence-corrected chi connectivity index (χ3v) is 4.48. The van der Waals surface area contributed by atoms with Crippen molar-refractivity contribution in [2.24, 2.45) is 5.10 Å². The summed E-state index contributed by atoms with van der Waals surface area (Å²) in [5.41, 5.74) is 4.84. The second-order valence-electron chi connectivity index (χ2n) is 6.41. The number of amides is 1. The van der Waals surface area contributed by atoms with Gasteiger partial charge in [0.05, 0.1) is 11.8 Å². The second-order valence-corrected chi connectivity index (χ2v) is 6.41. The minimum absolute atomic E-state index is 0.316. The highest BCUT2D eigenvalue weighted by atomic mass is 16.5. The topological polar surface area (TPSA) is 63.6 Å². The Bertz CT molecular complexity index is 1150. The van der Waals surface area contributed by atoms with Crippen LogP contribution in [0.4, 0.5) is 0 Å². The zero-order chi connectivity index (χ0) is 19.9. The summed E-state index contributed by atoms with van der Waals surface area (Å²) >= 11 is 0. The van der Waals surface area contributed by atoms with E-state index in [0.717, 1.165) is 11.1 Å². The lowest BCUT2D eigenvalue weighted by Gasteiger charge is -2.11. The Balaban J connectivity index is 1.46. The quantitative estimate of drug-likeness (QED) is 0.393. The molecule has 0 radical (unpaired) electrons. The lowest BCUT2D eigenvalue weighted by atomic mass is 10.1. The third-order valence-electron chi connectivity index (χ3n) is 4.48. The van der Waals surface area contributed by atoms with E-state index in [2.05, 4.69) is 39.8 Å². The molecule has 0 saturated carbocycles. The molecule has 4 rings (SSSR count). The molecule has 0 bridgehead atoms. The molecule has 0 saturated heterocycles. The van der Waals surface area contributed by atoms with Crippen molar-refractivity contribution in [2.75, 3.05) is 0 Å². The Kier molecular flexibility index (Phi) is 5.58. The molecule has 5 nitrogen and oxygen atoms in total. The van der Waals surface area contributed by atoms with Crippen LogP contribution in [-0.2, 0) is 6.61 Å². The van der Waals surface area contributed by atoms with Gasteiger partial charge < -0.3 is 4.74 Å². The zero-order valence-electron chi connectivity index (χ0n) is 15.7. The van der Waals surface area contributed by atoms with Gasteiger partial charge in [0.1, 0.15) is 12.4 Å². The number of hydrogen-bond donors (Lipinski definition) is 1. The van der Waals surface area contributed by atoms with Gasteiger partial charge in [0.25, 0.3) is 5.91 Å². The van der Waals surface area contributed by atoms with Gasteiger partial charge in [0, 0.05) is 18.0 Å². The molecule has 0 atom stereocenters. The molecular weight excluding hydrogens is 362 g/mol. The summed E-state index contributed by atoms with van der Waals surface area (Å²) in [7, 11) is 0. The van der Waals surface area contributed by atoms with E-state index in [9.17, 15) is 4.79 Å². The number of ether oxygens (including phenoxy) is 1. The van der Waals surface area contributed by atoms with Crippen molar-refractivity contribution in [2.45, 2.75) is 6.61 Å². The molecule has 29 heavy (non-hydrogen) atoms. The minimum atomic E-state index is -0.316. The van der Waals surface area contributed by atoms with Crippen molar-refractivity contribution >= 4 is 22.9 Å². The Morgan fingerprint density at radius 1 is 0.966 bits per heavy atom. The summed E-state index contributed by atoms with van der Waals surface area (Å²) in [5, 5.41) is 6.40. The highest BCUT2D eigenvalue weighted by Crippen LogP contribution is 2.22. The van der Waals surface area contributed by atoms with Crippen LogP contribution < -0.4 is 10.2 Å². The first-order valence-electron chi connectivity index (χ1n) is 9.23. The van der Waals surface area contributed by atoms with E-state index in [1.165, 1.54) is 17.0 Å². The Morgan fingerprint density at radius 2 is 1.79 bits per heavy atom. The first-order valence-corrected chi connectivity index (χ1v) is 9.23. The molecular formula is C24H19N3O2. The largest absolute Gasteiger partial charge is 0.488 e. The van der Waals surface area contributed by atoms with Crippen LogP contribution in [0.15, 0.2) is 96.4 Å². The maximum atomic E-state index is 12.1. The van der Waals surface area contributed by atoms with Crippen LogP contribution in [0.5, 0.6) is 5.75 Å². The molecule has 0 unspecified atom stereocenters. The van der Waals surface area contributed by atoms with Gasteiger partial charge in [-0.1, -0.05) is 54.6 Å². The van der Waals surface area contributed by atoms with Gasteiger partial charge in [-0.3, -0.25) is 9.78 Å². The molecule has 142 valence electrons. The van der Waals surface area contributed by atoms with Crippen LogP contribution in [0.25, 0.3) is 10.8 Å². The molecule has 3 aromatic carbocycles. The molecule has 1 amide bonds. The highest BCUT2D eigenvalue weighted by Gasteiger charge is 2.06. The molecule has 5 heteroatoms. The molecule has 1 N–H and O–H groups in total. The number of hydrogen-bond acceptors (Lipinski definition) is 4. The fourth-order valence-corrected chi connectivity index (χ4v) is 3.01. The summed E-state index contributed by atoms with van der Waals surface area (Å²) in [5.74, 6) is 0.378. The van der Waals surface area contributed by atoms with Crippen LogP contribution in [0.1, 0.15) is 21.5 Å². The van der Waals surface area contributed by atoms with E-state index in [-0.39, 0.29) is 5.91 Å². The Hall–Kier alpha value is -3.99. The number of benzene rings is 3. The van der Waals surface area contributed by atoms with Gasteiger partial charge in [-0.25, -0.2) is 5.43 Å². The number of carbonyl (C=O) groups is 1. The van der Waals surface area contributed by atoms with Crippen molar-refractivity contribution in [3.8, 4) is 5.75 Å². The van der Waals surface area contributed by atoms with E-state index >= 15 is 0 Å². The maximum absolute atomic E-state index is 12.1. The van der Waals surface area contributed by atoms with Crippen LogP contribution in [0.3, 0.4) is 0 Å². The Labute approximate surface area is 168 Å². The molecule has 0 fully saturated rings. The number of nitrogens with one attached hydrogen (secondary N) is 1. The van der Waals surface area contributed by atoms with Crippen LogP contribution >= 0.6 is 0 Å². The summed E-state index contributed by atoms with van der Waals surface area (Å²) in [6.07, 6.45) is 4.68. The molecule has 0 spiro atoms. The van der Waals surface area contributed by atoms with E-state index in [1.54, 1.807) is 24.5 Å². The molecule has 0 aliphatic rings. The average molecular weight is 381 g/mol. The van der Waals surface area contributed by atoms with Crippen molar-refractivity contribution in [1.82, 2.24) is 10.4 Å². The summed E-state index contributed by atoms with van der Waals surface area (Å²) in [6, 6.07) is 25.4. The monoisotopic (exact) mass is 381 g/mol. The molecule has 0 aliphatic heterocycles. The highest BCUT2D eigenvalue weighted by molar-refractivity contribution is 5.94. The van der Waals surface area contributed by atoms with Gasteiger partial charge in [-0.05, 0) is 40.6 Å². The van der Waals surface area contributed by atoms with Gasteiger partial charge in [-0.2, -0.15) is 5.10 Å². The number of hydrazone groups is 1. The fourth-order valence-electron chi connectivity index (χ4n) is 3.01. The predicted molar refractivity (Wildman–Crippen MR) is 114 cm³/mol. The lowest BCUT2D eigenvalue weighted by Crippen LogP contribution is -2.17. The van der Waals surface area contributed by atoms with Crippen LogP contribution in [-0.4, -0.2) is 17.1 Å². The van der Waals surface area contributed by atoms with Crippen molar-refractivity contribution in [3.63, 3.8) is 0 Å². The number of aromatic nitrogens is 1. The number of para-hydroxylation sites is 1. The van der Waals surface area contributed by atoms with Crippen molar-refractivity contribution in [3.05, 3.63) is 108 Å². The van der Waals surface area contributed by atoms with Crippen LogP contribution in [0, 0.1) is 0 Å². The van der Waals surface area contributed by atoms with E-state index in [1.807, 2.05) is 42.5 Å². The summed E-state index contributed by atoms with van der Waals surface area (Å²) in [4.78, 5) is 16.0. The smallest absolute Gasteiger partial charge is 0.272 e. The first kappa shape index (κ1) is 18.4. The summed E-state index contributed by atoms with van der Waals surface area (Å²) < 4.78 is 6.06. The molecule has 0 aliphatic carbocycles. The number of pyridine rings is 1. The SMILES string of the molecule is O=C(NN=Cc1ccccc1OCc1cccc2ccccc12)c1cccnc1. The Morgan fingerprint density at radius 3 is 2.69 bits per heavy atom. The molecule has 1 aromatic heterocycles. The number of carbonyl (C=O) groups excluding carboxylic acids is 1. The van der Waals surface area contributed by atoms with Gasteiger partial charge in [-0.15, -0.1) is 0 Å². The van der Waals surface area contributed by atoms with Crippen molar-refractivity contribution < 1.29 is 9.53 Å². The van der Waals surface area contributed by atoms with Crippen molar-refractivity contribution in [1.29, 1.82) is 0 Å². The second kappa shape index (κ2) is 8.80. The minimum Gasteiger partial charge on any atom is -0.488 e. The number of fused-ring (bicyclic) bond motifs is 1. The fraction of sp³-hybridized carbons (Fsp3) is 0.0417. The van der Waals surface area contributed by atoms with Gasteiger partial charge >= 0.3 is 0 Å². The zero-order valence-corrected chi connectivity index (χ0v) is 15.7. The van der Waals surface area contributed by atoms with E-state index in [4.69, 9.17) is 4.74 Å². The summed E-state index contributed by atoms with van der Waals surface area (Å²) in [6.45, 7) is 0.439. The van der Waals surface area contributed by atoms with Gasteiger partial charge in [0.15, 0.2) is 0 Å². The number of nitrogens with zero attached hydrogens (tertiary/aromatic N) is 2. The normalized spacial score (nSPS) is 10.9. The molecule has 4 aromatic rings. The van der Waals surface area contributed by atoms with E-state index in [0.29, 0.717) is 17.9 Å². The van der Waals surface area contributed by atoms with Gasteiger partial charge in [0.2, 0.25) is 0 Å². The standard InChI is InChI=1S/C24H19N3O2/c28-24(20-11-6-14-25-15-20)27-26-16-19-8-2-4-13-23(19)29-17-21-10-5-9-18-7-1-3-12-22(18)21/h1-16H,17H2,(H,27,28). The third kappa shape index (κ3) is 4.47. The average Bonchev–Trinajstić information content (AvgIpc) is 2.79. The van der Waals surface area contributed by atoms with E-state index < -0.39 is 0 Å². The number of rotatable bonds is 6. The lowest BCUT2D eigenvalue weighted by molar-refractivity contribution is 0.0954. The van der Waals surface area contributed by atoms with Crippen LogP contribution in [0.2, 0.25) is 0 Å². The first-order chi connectivity index (χ1) is 14.3. The maximum Gasteiger partial charge on any atom is 0.272 e.